The van der Waals surface area contributed by atoms with Crippen LogP contribution in [0.25, 0.3) is 6.08 Å². The third kappa shape index (κ3) is 3.96. The summed E-state index contributed by atoms with van der Waals surface area (Å²) in [5.74, 6) is -0.232. The molecule has 0 aliphatic carbocycles. The van der Waals surface area contributed by atoms with E-state index in [1.807, 2.05) is 36.4 Å². The molecule has 2 heterocycles. The Morgan fingerprint density at radius 2 is 1.70 bits per heavy atom. The van der Waals surface area contributed by atoms with E-state index in [-0.39, 0.29) is 17.7 Å². The van der Waals surface area contributed by atoms with Gasteiger partial charge in [0.05, 0.1) is 11.4 Å². The summed E-state index contributed by atoms with van der Waals surface area (Å²) in [6.07, 6.45) is 4.29. The van der Waals surface area contributed by atoms with E-state index in [1.165, 1.54) is 23.4 Å². The minimum absolute atomic E-state index is 0.226. The minimum atomic E-state index is -0.232. The first-order valence-corrected chi connectivity index (χ1v) is 10.6. The molecule has 0 atom stereocenters. The van der Waals surface area contributed by atoms with Gasteiger partial charge in [-0.2, -0.15) is 0 Å². The predicted octanol–water partition coefficient (Wildman–Crippen LogP) is 5.29. The van der Waals surface area contributed by atoms with Crippen LogP contribution in [0.1, 0.15) is 24.0 Å². The third-order valence-corrected chi connectivity index (χ3v) is 6.50. The molecule has 4 rings (SSSR count). The van der Waals surface area contributed by atoms with E-state index < -0.39 is 0 Å². The number of rotatable bonds is 4. The van der Waals surface area contributed by atoms with Crippen molar-refractivity contribution in [3.05, 3.63) is 69.0 Å². The summed E-state index contributed by atoms with van der Waals surface area (Å²) >= 11 is 4.48. The number of carbonyl (C=O) groups is 2. The van der Waals surface area contributed by atoms with Crippen LogP contribution in [0.2, 0.25) is 0 Å². The zero-order valence-electron chi connectivity index (χ0n) is 14.7. The first-order valence-electron chi connectivity index (χ1n) is 8.95. The summed E-state index contributed by atoms with van der Waals surface area (Å²) < 4.78 is 0.894. The van der Waals surface area contributed by atoms with Crippen LogP contribution in [0.5, 0.6) is 0 Å². The van der Waals surface area contributed by atoms with Gasteiger partial charge in [-0.1, -0.05) is 46.3 Å². The molecule has 27 heavy (non-hydrogen) atoms. The highest BCUT2D eigenvalue weighted by atomic mass is 79.9. The van der Waals surface area contributed by atoms with Crippen LogP contribution in [0.15, 0.2) is 57.9 Å². The van der Waals surface area contributed by atoms with Crippen LogP contribution < -0.4 is 4.90 Å². The topological polar surface area (TPSA) is 40.6 Å². The summed E-state index contributed by atoms with van der Waals surface area (Å²) in [5.41, 5.74) is 3.06. The molecule has 0 radical (unpaired) electrons. The Morgan fingerprint density at radius 3 is 2.41 bits per heavy atom. The monoisotopic (exact) mass is 442 g/mol. The average Bonchev–Trinajstić information content (AvgIpc) is 3.29. The third-order valence-electron chi connectivity index (χ3n) is 4.82. The van der Waals surface area contributed by atoms with E-state index in [4.69, 9.17) is 0 Å². The van der Waals surface area contributed by atoms with Gasteiger partial charge in [0.25, 0.3) is 11.1 Å². The van der Waals surface area contributed by atoms with Gasteiger partial charge in [-0.05, 0) is 60.0 Å². The van der Waals surface area contributed by atoms with Gasteiger partial charge in [0.15, 0.2) is 0 Å². The number of imide groups is 1. The molecule has 2 fully saturated rings. The molecule has 0 spiro atoms. The molecule has 0 bridgehead atoms. The average molecular weight is 443 g/mol. The molecular formula is C21H19BrN2O2S. The molecular weight excluding hydrogens is 424 g/mol. The fraction of sp³-hybridized carbons (Fsp3) is 0.238. The second kappa shape index (κ2) is 7.90. The fourth-order valence-corrected chi connectivity index (χ4v) is 4.59. The predicted molar refractivity (Wildman–Crippen MR) is 114 cm³/mol. The normalized spacial score (nSPS) is 18.8. The SMILES string of the molecule is O=C1S/C(=C\c2ccc(N3CCCC3)cc2)C(=O)N1Cc1ccccc1Br. The minimum Gasteiger partial charge on any atom is -0.372 e. The van der Waals surface area contributed by atoms with E-state index in [0.29, 0.717) is 4.91 Å². The lowest BCUT2D eigenvalue weighted by molar-refractivity contribution is -0.123. The van der Waals surface area contributed by atoms with Crippen molar-refractivity contribution in [1.29, 1.82) is 0 Å². The van der Waals surface area contributed by atoms with Crippen molar-refractivity contribution in [2.24, 2.45) is 0 Å². The van der Waals surface area contributed by atoms with Crippen molar-refractivity contribution in [2.45, 2.75) is 19.4 Å². The molecule has 0 unspecified atom stereocenters. The Bertz CT molecular complexity index is 905. The number of thioether (sulfide) groups is 1. The lowest BCUT2D eigenvalue weighted by Crippen LogP contribution is -2.27. The number of hydrogen-bond donors (Lipinski definition) is 0. The lowest BCUT2D eigenvalue weighted by atomic mass is 10.1. The van der Waals surface area contributed by atoms with Gasteiger partial charge in [0, 0.05) is 23.2 Å². The molecule has 6 heteroatoms. The quantitative estimate of drug-likeness (QED) is 0.603. The number of carbonyl (C=O) groups excluding carboxylic acids is 2. The number of benzene rings is 2. The largest absolute Gasteiger partial charge is 0.372 e. The first-order chi connectivity index (χ1) is 13.1. The molecule has 2 amide bonds. The van der Waals surface area contributed by atoms with Crippen molar-refractivity contribution in [3.8, 4) is 0 Å². The highest BCUT2D eigenvalue weighted by molar-refractivity contribution is 9.10. The van der Waals surface area contributed by atoms with Gasteiger partial charge in [-0.15, -0.1) is 0 Å². The van der Waals surface area contributed by atoms with Gasteiger partial charge >= 0.3 is 0 Å². The zero-order valence-corrected chi connectivity index (χ0v) is 17.1. The van der Waals surface area contributed by atoms with Gasteiger partial charge in [-0.25, -0.2) is 0 Å². The van der Waals surface area contributed by atoms with Gasteiger partial charge < -0.3 is 4.90 Å². The van der Waals surface area contributed by atoms with E-state index in [9.17, 15) is 9.59 Å². The highest BCUT2D eigenvalue weighted by Crippen LogP contribution is 2.34. The molecule has 4 nitrogen and oxygen atoms in total. The van der Waals surface area contributed by atoms with Crippen LogP contribution in [0, 0.1) is 0 Å². The smallest absolute Gasteiger partial charge is 0.293 e. The number of halogens is 1. The summed E-state index contributed by atoms with van der Waals surface area (Å²) in [7, 11) is 0. The molecule has 138 valence electrons. The van der Waals surface area contributed by atoms with E-state index >= 15 is 0 Å². The summed E-state index contributed by atoms with van der Waals surface area (Å²) in [4.78, 5) is 29.2. The first kappa shape index (κ1) is 18.3. The maximum absolute atomic E-state index is 12.7. The number of nitrogens with zero attached hydrogens (tertiary/aromatic N) is 2. The van der Waals surface area contributed by atoms with Crippen molar-refractivity contribution < 1.29 is 9.59 Å². The van der Waals surface area contributed by atoms with E-state index in [2.05, 4.69) is 33.0 Å². The number of hydrogen-bond acceptors (Lipinski definition) is 4. The second-order valence-electron chi connectivity index (χ2n) is 6.64. The van der Waals surface area contributed by atoms with E-state index in [1.54, 1.807) is 6.08 Å². The fourth-order valence-electron chi connectivity index (χ4n) is 3.34. The zero-order chi connectivity index (χ0) is 18.8. The summed E-state index contributed by atoms with van der Waals surface area (Å²) in [6.45, 7) is 2.48. The van der Waals surface area contributed by atoms with Crippen LogP contribution in [-0.4, -0.2) is 29.1 Å². The Hall–Kier alpha value is -2.05. The van der Waals surface area contributed by atoms with E-state index in [0.717, 1.165) is 40.5 Å². The van der Waals surface area contributed by atoms with Crippen LogP contribution >= 0.6 is 27.7 Å². The Labute approximate surface area is 171 Å². The maximum atomic E-state index is 12.7. The van der Waals surface area contributed by atoms with Gasteiger partial charge in [-0.3, -0.25) is 14.5 Å². The summed E-state index contributed by atoms with van der Waals surface area (Å²) in [5, 5.41) is -0.226. The van der Waals surface area contributed by atoms with Gasteiger partial charge in [0.2, 0.25) is 0 Å². The highest BCUT2D eigenvalue weighted by Gasteiger charge is 2.35. The molecule has 2 saturated heterocycles. The Kier molecular flexibility index (Phi) is 5.36. The molecule has 2 aliphatic heterocycles. The lowest BCUT2D eigenvalue weighted by Gasteiger charge is -2.17. The molecule has 0 N–H and O–H groups in total. The summed E-state index contributed by atoms with van der Waals surface area (Å²) in [6, 6.07) is 15.8. The second-order valence-corrected chi connectivity index (χ2v) is 8.49. The van der Waals surface area contributed by atoms with Crippen LogP contribution in [-0.2, 0) is 11.3 Å². The van der Waals surface area contributed by atoms with Crippen molar-refractivity contribution in [2.75, 3.05) is 18.0 Å². The Morgan fingerprint density at radius 1 is 1.00 bits per heavy atom. The molecule has 0 aromatic heterocycles. The molecule has 2 aromatic carbocycles. The Balaban J connectivity index is 1.50. The standard InChI is InChI=1S/C21H19BrN2O2S/c22-18-6-2-1-5-16(18)14-24-20(25)19(27-21(24)26)13-15-7-9-17(10-8-15)23-11-3-4-12-23/h1-2,5-10,13H,3-4,11-12,14H2/b19-13-. The van der Waals surface area contributed by atoms with Crippen molar-refractivity contribution in [1.82, 2.24) is 4.90 Å². The maximum Gasteiger partial charge on any atom is 0.293 e. The van der Waals surface area contributed by atoms with Crippen LogP contribution in [0.3, 0.4) is 0 Å². The number of anilines is 1. The molecule has 2 aliphatic rings. The van der Waals surface area contributed by atoms with Crippen molar-refractivity contribution >= 4 is 50.6 Å². The molecule has 2 aromatic rings. The van der Waals surface area contributed by atoms with Crippen LogP contribution in [0.4, 0.5) is 10.5 Å². The number of amides is 2. The van der Waals surface area contributed by atoms with Gasteiger partial charge in [0.1, 0.15) is 0 Å². The molecule has 0 saturated carbocycles. The van der Waals surface area contributed by atoms with Crippen molar-refractivity contribution in [3.63, 3.8) is 0 Å².